The minimum absolute atomic E-state index is 0.0256. The van der Waals surface area contributed by atoms with E-state index in [2.05, 4.69) is 18.5 Å². The number of para-hydroxylation sites is 1. The fourth-order valence-electron chi connectivity index (χ4n) is 1.37. The summed E-state index contributed by atoms with van der Waals surface area (Å²) >= 11 is 5.91. The smallest absolute Gasteiger partial charge is 0.307 e. The molecule has 0 bridgehead atoms. The number of carboxylic acids is 1. The monoisotopic (exact) mass is 353 g/mol. The van der Waals surface area contributed by atoms with Crippen molar-refractivity contribution in [2.75, 3.05) is 5.32 Å². The van der Waals surface area contributed by atoms with E-state index >= 15 is 0 Å². The molecule has 0 spiro atoms. The SMILES string of the molecule is C=C/C(Cl)=C(\C)Nc1ccccc1CC(=O)O.C=CC.CC.CC. The van der Waals surface area contributed by atoms with E-state index in [1.807, 2.05) is 53.7 Å². The van der Waals surface area contributed by atoms with Crippen LogP contribution in [0.5, 0.6) is 0 Å². The number of halogens is 1. The molecule has 1 aromatic carbocycles. The van der Waals surface area contributed by atoms with Crippen molar-refractivity contribution in [3.63, 3.8) is 0 Å². The van der Waals surface area contributed by atoms with Crippen molar-refractivity contribution in [3.8, 4) is 0 Å². The molecule has 0 fully saturated rings. The molecule has 0 atom stereocenters. The first kappa shape index (κ1) is 26.9. The zero-order valence-corrected chi connectivity index (χ0v) is 16.6. The van der Waals surface area contributed by atoms with E-state index < -0.39 is 5.97 Å². The largest absolute Gasteiger partial charge is 0.481 e. The van der Waals surface area contributed by atoms with Crippen LogP contribution in [0, 0.1) is 0 Å². The zero-order chi connectivity index (χ0) is 19.5. The molecule has 0 aromatic heterocycles. The average molecular weight is 354 g/mol. The van der Waals surface area contributed by atoms with E-state index in [1.165, 1.54) is 6.08 Å². The van der Waals surface area contributed by atoms with Crippen molar-refractivity contribution in [2.45, 2.75) is 48.0 Å². The summed E-state index contributed by atoms with van der Waals surface area (Å²) in [5, 5.41) is 12.4. The Bertz CT molecular complexity index is 508. The van der Waals surface area contributed by atoms with E-state index in [4.69, 9.17) is 16.7 Å². The lowest BCUT2D eigenvalue weighted by Crippen LogP contribution is -2.05. The molecule has 3 nitrogen and oxygen atoms in total. The predicted molar refractivity (Wildman–Crippen MR) is 109 cm³/mol. The highest BCUT2D eigenvalue weighted by Gasteiger charge is 2.06. The second-order valence-corrected chi connectivity index (χ2v) is 4.35. The van der Waals surface area contributed by atoms with Gasteiger partial charge in [-0.25, -0.2) is 0 Å². The van der Waals surface area contributed by atoms with Crippen molar-refractivity contribution in [3.05, 3.63) is 65.9 Å². The highest BCUT2D eigenvalue weighted by Crippen LogP contribution is 2.20. The Hall–Kier alpha value is -2.00. The Morgan fingerprint density at radius 1 is 1.21 bits per heavy atom. The van der Waals surface area contributed by atoms with Gasteiger partial charge >= 0.3 is 5.97 Å². The highest BCUT2D eigenvalue weighted by atomic mass is 35.5. The number of carbonyl (C=O) groups is 1. The van der Waals surface area contributed by atoms with Crippen LogP contribution in [0.4, 0.5) is 5.69 Å². The molecule has 24 heavy (non-hydrogen) atoms. The van der Waals surface area contributed by atoms with Gasteiger partial charge in [0.05, 0.1) is 11.5 Å². The first-order valence-corrected chi connectivity index (χ1v) is 8.46. The highest BCUT2D eigenvalue weighted by molar-refractivity contribution is 6.31. The van der Waals surface area contributed by atoms with Crippen LogP contribution in [-0.2, 0) is 11.2 Å². The van der Waals surface area contributed by atoms with Gasteiger partial charge in [0, 0.05) is 11.4 Å². The van der Waals surface area contributed by atoms with Crippen molar-refractivity contribution >= 4 is 23.3 Å². The summed E-state index contributed by atoms with van der Waals surface area (Å²) in [7, 11) is 0. The minimum atomic E-state index is -0.865. The number of hydrogen-bond donors (Lipinski definition) is 2. The molecule has 0 aliphatic heterocycles. The molecule has 0 saturated carbocycles. The lowest BCUT2D eigenvalue weighted by atomic mass is 10.1. The van der Waals surface area contributed by atoms with E-state index in [0.29, 0.717) is 10.6 Å². The van der Waals surface area contributed by atoms with Crippen LogP contribution in [-0.4, -0.2) is 11.1 Å². The maximum atomic E-state index is 10.7. The van der Waals surface area contributed by atoms with Crippen LogP contribution in [0.15, 0.2) is 60.3 Å². The second kappa shape index (κ2) is 19.0. The summed E-state index contributed by atoms with van der Waals surface area (Å²) in [6, 6.07) is 7.22. The third-order valence-electron chi connectivity index (χ3n) is 2.22. The van der Waals surface area contributed by atoms with Crippen LogP contribution in [0.3, 0.4) is 0 Å². The van der Waals surface area contributed by atoms with Crippen LogP contribution >= 0.6 is 11.6 Å². The number of carboxylic acid groups (broad SMARTS) is 1. The summed E-state index contributed by atoms with van der Waals surface area (Å²) in [5.74, 6) is -0.865. The Kier molecular flexibility index (Phi) is 21.3. The number of aliphatic carboxylic acids is 1. The lowest BCUT2D eigenvalue weighted by molar-refractivity contribution is -0.136. The van der Waals surface area contributed by atoms with Crippen molar-refractivity contribution in [1.82, 2.24) is 0 Å². The molecule has 0 saturated heterocycles. The fourth-order valence-corrected chi connectivity index (χ4v) is 1.42. The summed E-state index contributed by atoms with van der Waals surface area (Å²) in [4.78, 5) is 10.7. The number of anilines is 1. The van der Waals surface area contributed by atoms with Crippen molar-refractivity contribution < 1.29 is 9.90 Å². The minimum Gasteiger partial charge on any atom is -0.481 e. The molecule has 0 heterocycles. The van der Waals surface area contributed by atoms with Crippen LogP contribution in [0.25, 0.3) is 0 Å². The molecule has 0 radical (unpaired) electrons. The fraction of sp³-hybridized carbons (Fsp3) is 0.350. The van der Waals surface area contributed by atoms with Gasteiger partial charge in [-0.3, -0.25) is 4.79 Å². The second-order valence-electron chi connectivity index (χ2n) is 3.94. The number of rotatable bonds is 5. The van der Waals surface area contributed by atoms with Gasteiger partial charge in [-0.2, -0.15) is 0 Å². The first-order valence-electron chi connectivity index (χ1n) is 8.08. The van der Waals surface area contributed by atoms with Crippen molar-refractivity contribution in [2.24, 2.45) is 0 Å². The van der Waals surface area contributed by atoms with Gasteiger partial charge in [0.15, 0.2) is 0 Å². The van der Waals surface area contributed by atoms with Gasteiger partial charge < -0.3 is 10.4 Å². The predicted octanol–water partition coefficient (Wildman–Crippen LogP) is 6.63. The topological polar surface area (TPSA) is 49.3 Å². The standard InChI is InChI=1S/C13H14ClNO2.C3H6.2C2H6/c1-3-11(14)9(2)15-12-7-5-4-6-10(12)8-13(16)17;1-3-2;2*1-2/h3-7,15H,1,8H2,2H3,(H,16,17);3H,1H2,2H3;2*1-2H3/b11-9-;;;. The molecular formula is C20H32ClNO2. The molecule has 0 aliphatic carbocycles. The Morgan fingerprint density at radius 3 is 2.08 bits per heavy atom. The first-order chi connectivity index (χ1) is 11.5. The zero-order valence-electron chi connectivity index (χ0n) is 15.8. The Labute approximate surface area is 152 Å². The van der Waals surface area contributed by atoms with Gasteiger partial charge in [0.2, 0.25) is 0 Å². The van der Waals surface area contributed by atoms with E-state index in [1.54, 1.807) is 18.2 Å². The Morgan fingerprint density at radius 2 is 1.67 bits per heavy atom. The third kappa shape index (κ3) is 13.6. The quantitative estimate of drug-likeness (QED) is 0.461. The lowest BCUT2D eigenvalue weighted by Gasteiger charge is -2.11. The molecule has 2 N–H and O–H groups in total. The number of hydrogen-bond acceptors (Lipinski definition) is 2. The number of benzene rings is 1. The van der Waals surface area contributed by atoms with Gasteiger partial charge in [-0.15, -0.1) is 6.58 Å². The number of allylic oxidation sites excluding steroid dienone is 4. The molecular weight excluding hydrogens is 322 g/mol. The van der Waals surface area contributed by atoms with Gasteiger partial charge in [-0.1, -0.05) is 70.1 Å². The summed E-state index contributed by atoms with van der Waals surface area (Å²) in [6.45, 7) is 18.6. The summed E-state index contributed by atoms with van der Waals surface area (Å²) in [5.41, 5.74) is 2.19. The molecule has 0 unspecified atom stereocenters. The molecule has 136 valence electrons. The van der Waals surface area contributed by atoms with E-state index in [-0.39, 0.29) is 6.42 Å². The van der Waals surface area contributed by atoms with Gasteiger partial charge in [0.25, 0.3) is 0 Å². The summed E-state index contributed by atoms with van der Waals surface area (Å²) in [6.07, 6.45) is 3.26. The summed E-state index contributed by atoms with van der Waals surface area (Å²) < 4.78 is 0. The molecule has 0 amide bonds. The van der Waals surface area contributed by atoms with Crippen LogP contribution in [0.2, 0.25) is 0 Å². The van der Waals surface area contributed by atoms with Crippen LogP contribution < -0.4 is 5.32 Å². The maximum absolute atomic E-state index is 10.7. The molecule has 1 rings (SSSR count). The molecule has 0 aliphatic rings. The van der Waals surface area contributed by atoms with Crippen LogP contribution in [0.1, 0.15) is 47.1 Å². The normalized spacial score (nSPS) is 9.29. The molecule has 1 aromatic rings. The van der Waals surface area contributed by atoms with E-state index in [0.717, 1.165) is 11.4 Å². The third-order valence-corrected chi connectivity index (χ3v) is 2.66. The van der Waals surface area contributed by atoms with Gasteiger partial charge in [-0.05, 0) is 31.6 Å². The maximum Gasteiger partial charge on any atom is 0.307 e. The van der Waals surface area contributed by atoms with Gasteiger partial charge in [0.1, 0.15) is 0 Å². The molecule has 4 heteroatoms. The number of nitrogens with one attached hydrogen (secondary N) is 1. The van der Waals surface area contributed by atoms with Crippen molar-refractivity contribution in [1.29, 1.82) is 0 Å². The average Bonchev–Trinajstić information content (AvgIpc) is 2.59. The van der Waals surface area contributed by atoms with E-state index in [9.17, 15) is 4.79 Å². The Balaban J connectivity index is -0.000000549.